The third-order valence-corrected chi connectivity index (χ3v) is 3.73. The molecule has 3 N–H and O–H groups in total. The van der Waals surface area contributed by atoms with Crippen molar-refractivity contribution in [2.45, 2.75) is 11.6 Å². The smallest absolute Gasteiger partial charge is 0.318 e. The fourth-order valence-corrected chi connectivity index (χ4v) is 2.70. The van der Waals surface area contributed by atoms with Crippen molar-refractivity contribution < 1.29 is 14.3 Å². The summed E-state index contributed by atoms with van der Waals surface area (Å²) < 4.78 is 7.11. The topological polar surface area (TPSA) is 99.2 Å². The third-order valence-electron chi connectivity index (χ3n) is 2.76. The molecule has 0 spiro atoms. The Bertz CT molecular complexity index is 672. The zero-order valence-electron chi connectivity index (χ0n) is 12.0. The van der Waals surface area contributed by atoms with Gasteiger partial charge in [-0.3, -0.25) is 14.7 Å². The number of hydrogen-bond acceptors (Lipinski definition) is 5. The van der Waals surface area contributed by atoms with Crippen molar-refractivity contribution in [2.24, 2.45) is 5.73 Å². The van der Waals surface area contributed by atoms with Crippen LogP contribution in [0.2, 0.25) is 0 Å². The fraction of sp³-hybridized carbons (Fsp3) is 0.214. The Hall–Kier alpha value is -2.48. The van der Waals surface area contributed by atoms with E-state index in [1.54, 1.807) is 13.3 Å². The quantitative estimate of drug-likeness (QED) is 0.787. The predicted octanol–water partition coefficient (Wildman–Crippen LogP) is 1.56. The van der Waals surface area contributed by atoms with E-state index in [0.717, 1.165) is 16.6 Å². The number of hydrogen-bond donors (Lipinski definition) is 2. The first-order chi connectivity index (χ1) is 10.6. The van der Waals surface area contributed by atoms with Crippen LogP contribution in [0.1, 0.15) is 6.42 Å². The number of nitrogens with zero attached hydrogens (tertiary/aromatic N) is 2. The number of carbonyl (C=O) groups is 2. The Kier molecular flexibility index (Phi) is 5.42. The molecule has 0 saturated carbocycles. The highest BCUT2D eigenvalue weighted by molar-refractivity contribution is 7.99. The van der Waals surface area contributed by atoms with E-state index in [1.165, 1.54) is 11.8 Å². The number of primary amides is 1. The number of aromatic nitrogens is 2. The molecule has 2 aromatic rings. The summed E-state index contributed by atoms with van der Waals surface area (Å²) >= 11 is 1.42. The standard InChI is InChI=1S/C14H16N4O3S/c1-21-11-4-2-3-10(9-11)18-7-6-16-14(18)22-8-5-12(19)17-13(15)20/h2-4,6-7,9H,5,8H2,1H3,(H3,15,17,19,20). The molecule has 3 amide bonds. The minimum atomic E-state index is -0.840. The molecule has 0 atom stereocenters. The summed E-state index contributed by atoms with van der Waals surface area (Å²) in [6, 6.07) is 6.75. The number of methoxy groups -OCH3 is 1. The summed E-state index contributed by atoms with van der Waals surface area (Å²) in [6.07, 6.45) is 3.70. The highest BCUT2D eigenvalue weighted by Crippen LogP contribution is 2.23. The maximum absolute atomic E-state index is 11.4. The van der Waals surface area contributed by atoms with Gasteiger partial charge in [-0.25, -0.2) is 9.78 Å². The van der Waals surface area contributed by atoms with Crippen molar-refractivity contribution in [3.8, 4) is 11.4 Å². The lowest BCUT2D eigenvalue weighted by atomic mass is 10.3. The molecule has 0 aliphatic heterocycles. The average molecular weight is 320 g/mol. The van der Waals surface area contributed by atoms with Crippen molar-refractivity contribution in [1.82, 2.24) is 14.9 Å². The van der Waals surface area contributed by atoms with E-state index in [0.29, 0.717) is 5.75 Å². The minimum absolute atomic E-state index is 0.179. The number of ether oxygens (including phenoxy) is 1. The second kappa shape index (κ2) is 7.51. The molecular formula is C14H16N4O3S. The molecule has 8 heteroatoms. The second-order valence-electron chi connectivity index (χ2n) is 4.29. The number of imidazole rings is 1. The molecule has 0 fully saturated rings. The SMILES string of the molecule is COc1cccc(-n2ccnc2SCCC(=O)NC(N)=O)c1. The average Bonchev–Trinajstić information content (AvgIpc) is 2.95. The van der Waals surface area contributed by atoms with Crippen LogP contribution in [0.25, 0.3) is 5.69 Å². The zero-order valence-corrected chi connectivity index (χ0v) is 12.8. The molecule has 0 bridgehead atoms. The van der Waals surface area contributed by atoms with Gasteiger partial charge in [0.2, 0.25) is 5.91 Å². The van der Waals surface area contributed by atoms with Crippen LogP contribution in [-0.4, -0.2) is 34.4 Å². The van der Waals surface area contributed by atoms with E-state index in [4.69, 9.17) is 10.5 Å². The highest BCUT2D eigenvalue weighted by Gasteiger charge is 2.09. The van der Waals surface area contributed by atoms with Crippen molar-refractivity contribution in [1.29, 1.82) is 0 Å². The molecule has 1 heterocycles. The van der Waals surface area contributed by atoms with Crippen LogP contribution in [0.5, 0.6) is 5.75 Å². The Morgan fingerprint density at radius 1 is 1.45 bits per heavy atom. The van der Waals surface area contributed by atoms with Gasteiger partial charge in [0.1, 0.15) is 5.75 Å². The van der Waals surface area contributed by atoms with Crippen molar-refractivity contribution in [3.63, 3.8) is 0 Å². The van der Waals surface area contributed by atoms with Gasteiger partial charge in [-0.1, -0.05) is 17.8 Å². The Morgan fingerprint density at radius 2 is 2.27 bits per heavy atom. The van der Waals surface area contributed by atoms with Gasteiger partial charge in [0.05, 0.1) is 12.8 Å². The lowest BCUT2D eigenvalue weighted by molar-refractivity contribution is -0.119. The molecule has 2 rings (SSSR count). The lowest BCUT2D eigenvalue weighted by Gasteiger charge is -2.08. The zero-order chi connectivity index (χ0) is 15.9. The van der Waals surface area contributed by atoms with Gasteiger partial charge in [-0.15, -0.1) is 0 Å². The molecule has 1 aromatic heterocycles. The van der Waals surface area contributed by atoms with E-state index in [1.807, 2.05) is 40.3 Å². The lowest BCUT2D eigenvalue weighted by Crippen LogP contribution is -2.35. The first-order valence-electron chi connectivity index (χ1n) is 6.50. The molecule has 116 valence electrons. The van der Waals surface area contributed by atoms with E-state index >= 15 is 0 Å². The summed E-state index contributed by atoms with van der Waals surface area (Å²) in [5.41, 5.74) is 5.80. The number of nitrogens with one attached hydrogen (secondary N) is 1. The van der Waals surface area contributed by atoms with Gasteiger partial charge in [0.25, 0.3) is 0 Å². The molecule has 22 heavy (non-hydrogen) atoms. The van der Waals surface area contributed by atoms with Crippen LogP contribution in [0.3, 0.4) is 0 Å². The number of rotatable bonds is 6. The number of amides is 3. The van der Waals surface area contributed by atoms with Gasteiger partial charge in [0, 0.05) is 30.6 Å². The molecule has 0 saturated heterocycles. The van der Waals surface area contributed by atoms with Crippen molar-refractivity contribution in [3.05, 3.63) is 36.7 Å². The van der Waals surface area contributed by atoms with Crippen LogP contribution < -0.4 is 15.8 Å². The minimum Gasteiger partial charge on any atom is -0.497 e. The summed E-state index contributed by atoms with van der Waals surface area (Å²) in [5.74, 6) is 0.836. The summed E-state index contributed by atoms with van der Waals surface area (Å²) in [6.45, 7) is 0. The predicted molar refractivity (Wildman–Crippen MR) is 83.2 cm³/mol. The van der Waals surface area contributed by atoms with Gasteiger partial charge in [-0.2, -0.15) is 0 Å². The van der Waals surface area contributed by atoms with Gasteiger partial charge in [-0.05, 0) is 12.1 Å². The maximum Gasteiger partial charge on any atom is 0.318 e. The number of nitrogens with two attached hydrogens (primary N) is 1. The molecule has 0 radical (unpaired) electrons. The van der Waals surface area contributed by atoms with Crippen LogP contribution in [0.15, 0.2) is 41.8 Å². The van der Waals surface area contributed by atoms with Crippen LogP contribution in [0, 0.1) is 0 Å². The number of imide groups is 1. The number of thioether (sulfide) groups is 1. The van der Waals surface area contributed by atoms with Crippen molar-refractivity contribution in [2.75, 3.05) is 12.9 Å². The fourth-order valence-electron chi connectivity index (χ4n) is 1.79. The molecule has 0 aliphatic carbocycles. The van der Waals surface area contributed by atoms with Gasteiger partial charge < -0.3 is 10.5 Å². The molecule has 1 aromatic carbocycles. The molecular weight excluding hydrogens is 304 g/mol. The Balaban J connectivity index is 2.00. The highest BCUT2D eigenvalue weighted by atomic mass is 32.2. The first-order valence-corrected chi connectivity index (χ1v) is 7.48. The summed E-state index contributed by atoms with van der Waals surface area (Å²) in [5, 5.41) is 2.78. The second-order valence-corrected chi connectivity index (χ2v) is 5.35. The maximum atomic E-state index is 11.4. The number of carbonyl (C=O) groups excluding carboxylic acids is 2. The van der Waals surface area contributed by atoms with E-state index in [2.05, 4.69) is 4.98 Å². The molecule has 7 nitrogen and oxygen atoms in total. The number of benzene rings is 1. The Labute approximate surface area is 131 Å². The van der Waals surface area contributed by atoms with Crippen LogP contribution in [-0.2, 0) is 4.79 Å². The monoisotopic (exact) mass is 320 g/mol. The Morgan fingerprint density at radius 3 is 3.00 bits per heavy atom. The van der Waals surface area contributed by atoms with E-state index < -0.39 is 11.9 Å². The van der Waals surface area contributed by atoms with Crippen LogP contribution >= 0.6 is 11.8 Å². The summed E-state index contributed by atoms with van der Waals surface area (Å²) in [4.78, 5) is 26.2. The summed E-state index contributed by atoms with van der Waals surface area (Å²) in [7, 11) is 1.61. The number of urea groups is 1. The van der Waals surface area contributed by atoms with E-state index in [9.17, 15) is 9.59 Å². The van der Waals surface area contributed by atoms with Crippen LogP contribution in [0.4, 0.5) is 4.79 Å². The first kappa shape index (κ1) is 15.9. The molecule has 0 aliphatic rings. The third kappa shape index (κ3) is 4.26. The van der Waals surface area contributed by atoms with Gasteiger partial charge >= 0.3 is 6.03 Å². The van der Waals surface area contributed by atoms with E-state index in [-0.39, 0.29) is 6.42 Å². The normalized spacial score (nSPS) is 10.2. The van der Waals surface area contributed by atoms with Gasteiger partial charge in [0.15, 0.2) is 5.16 Å². The largest absolute Gasteiger partial charge is 0.497 e. The molecule has 0 unspecified atom stereocenters. The van der Waals surface area contributed by atoms with Crippen molar-refractivity contribution >= 4 is 23.7 Å².